The van der Waals surface area contributed by atoms with Crippen LogP contribution in [0.1, 0.15) is 16.2 Å². The molecule has 0 radical (unpaired) electrons. The number of thiophene rings is 1. The van der Waals surface area contributed by atoms with Gasteiger partial charge in [-0.3, -0.25) is 0 Å². The van der Waals surface area contributed by atoms with Gasteiger partial charge in [0.15, 0.2) is 12.4 Å². The minimum atomic E-state index is -0.502. The molecule has 0 amide bonds. The van der Waals surface area contributed by atoms with Crippen LogP contribution < -0.4 is 0 Å². The van der Waals surface area contributed by atoms with Crippen LogP contribution in [0.15, 0.2) is 74.5 Å². The molecule has 5 aromatic rings. The zero-order valence-electron chi connectivity index (χ0n) is 14.9. The predicted molar refractivity (Wildman–Crippen MR) is 106 cm³/mol. The van der Waals surface area contributed by atoms with Gasteiger partial charge in [0.25, 0.3) is 5.89 Å². The number of esters is 1. The van der Waals surface area contributed by atoms with Gasteiger partial charge in [0.2, 0.25) is 5.82 Å². The molecular formula is C21H13N3O4S. The summed E-state index contributed by atoms with van der Waals surface area (Å²) in [4.78, 5) is 21.7. The number of benzene rings is 1. The van der Waals surface area contributed by atoms with E-state index in [1.165, 1.54) is 11.3 Å². The highest BCUT2D eigenvalue weighted by molar-refractivity contribution is 7.08. The van der Waals surface area contributed by atoms with Crippen molar-refractivity contribution in [1.82, 2.24) is 15.1 Å². The molecule has 0 N–H and O–H groups in total. The number of rotatable bonds is 5. The Labute approximate surface area is 168 Å². The minimum Gasteiger partial charge on any atom is -0.463 e. The number of aromatic nitrogens is 3. The Kier molecular flexibility index (Phi) is 4.38. The lowest BCUT2D eigenvalue weighted by molar-refractivity contribution is 0.0462. The third kappa shape index (κ3) is 3.41. The Morgan fingerprint density at radius 1 is 1.10 bits per heavy atom. The lowest BCUT2D eigenvalue weighted by Crippen LogP contribution is -2.08. The number of carbonyl (C=O) groups is 1. The van der Waals surface area contributed by atoms with Crippen LogP contribution in [0.5, 0.6) is 0 Å². The molecule has 0 bridgehead atoms. The van der Waals surface area contributed by atoms with Gasteiger partial charge in [0.05, 0.1) is 22.9 Å². The van der Waals surface area contributed by atoms with Gasteiger partial charge in [-0.05, 0) is 35.7 Å². The van der Waals surface area contributed by atoms with Crippen molar-refractivity contribution in [2.75, 3.05) is 0 Å². The van der Waals surface area contributed by atoms with Crippen molar-refractivity contribution >= 4 is 28.2 Å². The number of carbonyl (C=O) groups excluding carboxylic acids is 1. The molecule has 29 heavy (non-hydrogen) atoms. The quantitative estimate of drug-likeness (QED) is 0.383. The van der Waals surface area contributed by atoms with E-state index in [9.17, 15) is 4.79 Å². The van der Waals surface area contributed by atoms with E-state index in [0.717, 1.165) is 5.56 Å². The summed E-state index contributed by atoms with van der Waals surface area (Å²) in [6.07, 6.45) is 1.56. The van der Waals surface area contributed by atoms with E-state index in [-0.39, 0.29) is 6.61 Å². The van der Waals surface area contributed by atoms with E-state index in [0.29, 0.717) is 39.6 Å². The number of furan rings is 1. The number of hydrogen-bond acceptors (Lipinski definition) is 8. The Balaban J connectivity index is 1.42. The first-order valence-corrected chi connectivity index (χ1v) is 9.68. The van der Waals surface area contributed by atoms with Gasteiger partial charge in [-0.1, -0.05) is 23.4 Å². The number of hydrogen-bond donors (Lipinski definition) is 0. The fourth-order valence-corrected chi connectivity index (χ4v) is 3.55. The van der Waals surface area contributed by atoms with E-state index in [4.69, 9.17) is 13.7 Å². The molecule has 7 nitrogen and oxygen atoms in total. The molecule has 0 aliphatic rings. The van der Waals surface area contributed by atoms with Crippen LogP contribution in [0, 0.1) is 0 Å². The van der Waals surface area contributed by atoms with E-state index in [1.54, 1.807) is 24.5 Å². The molecule has 4 heterocycles. The molecule has 0 spiro atoms. The zero-order chi connectivity index (χ0) is 19.6. The van der Waals surface area contributed by atoms with Crippen molar-refractivity contribution in [3.05, 3.63) is 76.9 Å². The minimum absolute atomic E-state index is 0.0980. The standard InChI is InChI=1S/C21H13N3O4S/c25-21(27-11-19-23-20(28-24-19)13-7-9-29-12-13)15-10-17(18-6-3-8-26-18)22-16-5-2-1-4-14(15)16/h1-10,12H,11H2. The first-order valence-electron chi connectivity index (χ1n) is 8.74. The highest BCUT2D eigenvalue weighted by Gasteiger charge is 2.18. The first-order chi connectivity index (χ1) is 14.3. The smallest absolute Gasteiger partial charge is 0.339 e. The van der Waals surface area contributed by atoms with Crippen molar-refractivity contribution in [3.63, 3.8) is 0 Å². The summed E-state index contributed by atoms with van der Waals surface area (Å²) in [5.74, 6) is 0.762. The van der Waals surface area contributed by atoms with Gasteiger partial charge >= 0.3 is 5.97 Å². The summed E-state index contributed by atoms with van der Waals surface area (Å²) < 4.78 is 16.1. The average molecular weight is 403 g/mol. The Bertz CT molecular complexity index is 1280. The van der Waals surface area contributed by atoms with Crippen LogP contribution >= 0.6 is 11.3 Å². The molecule has 8 heteroatoms. The monoisotopic (exact) mass is 403 g/mol. The number of pyridine rings is 1. The van der Waals surface area contributed by atoms with Gasteiger partial charge in [0.1, 0.15) is 5.69 Å². The van der Waals surface area contributed by atoms with Gasteiger partial charge < -0.3 is 13.7 Å². The zero-order valence-corrected chi connectivity index (χ0v) is 15.8. The van der Waals surface area contributed by atoms with Crippen LogP contribution in [0.25, 0.3) is 33.8 Å². The van der Waals surface area contributed by atoms with E-state index in [2.05, 4.69) is 15.1 Å². The number of para-hydroxylation sites is 1. The second-order valence-electron chi connectivity index (χ2n) is 6.15. The molecule has 1 aromatic carbocycles. The predicted octanol–water partition coefficient (Wildman–Crippen LogP) is 4.96. The molecule has 0 aliphatic heterocycles. The number of nitrogens with zero attached hydrogens (tertiary/aromatic N) is 3. The summed E-state index contributed by atoms with van der Waals surface area (Å²) in [7, 11) is 0. The third-order valence-corrected chi connectivity index (χ3v) is 4.96. The van der Waals surface area contributed by atoms with Crippen molar-refractivity contribution in [2.24, 2.45) is 0 Å². The van der Waals surface area contributed by atoms with Crippen LogP contribution in [-0.2, 0) is 11.3 Å². The van der Waals surface area contributed by atoms with Gasteiger partial charge in [-0.2, -0.15) is 16.3 Å². The maximum absolute atomic E-state index is 12.8. The maximum atomic E-state index is 12.8. The molecule has 0 unspecified atom stereocenters. The Morgan fingerprint density at radius 2 is 2.03 bits per heavy atom. The van der Waals surface area contributed by atoms with Crippen LogP contribution in [0.2, 0.25) is 0 Å². The molecular weight excluding hydrogens is 390 g/mol. The normalized spacial score (nSPS) is 11.0. The highest BCUT2D eigenvalue weighted by Crippen LogP contribution is 2.26. The summed E-state index contributed by atoms with van der Waals surface area (Å²) in [6, 6.07) is 14.5. The molecule has 4 aromatic heterocycles. The second-order valence-corrected chi connectivity index (χ2v) is 6.93. The van der Waals surface area contributed by atoms with Gasteiger partial charge in [0, 0.05) is 10.8 Å². The fourth-order valence-electron chi connectivity index (χ4n) is 2.92. The SMILES string of the molecule is O=C(OCc1noc(-c2ccsc2)n1)c1cc(-c2ccco2)nc2ccccc12. The summed E-state index contributed by atoms with van der Waals surface area (Å²) in [5, 5.41) is 8.39. The number of fused-ring (bicyclic) bond motifs is 1. The summed E-state index contributed by atoms with van der Waals surface area (Å²) in [6.45, 7) is -0.0980. The maximum Gasteiger partial charge on any atom is 0.339 e. The molecule has 5 rings (SSSR count). The van der Waals surface area contributed by atoms with E-state index < -0.39 is 5.97 Å². The Hall–Kier alpha value is -3.78. The topological polar surface area (TPSA) is 91.2 Å². The van der Waals surface area contributed by atoms with E-state index in [1.807, 2.05) is 41.1 Å². The van der Waals surface area contributed by atoms with Gasteiger partial charge in [-0.25, -0.2) is 9.78 Å². The van der Waals surface area contributed by atoms with Crippen molar-refractivity contribution in [1.29, 1.82) is 0 Å². The summed E-state index contributed by atoms with van der Waals surface area (Å²) >= 11 is 1.53. The van der Waals surface area contributed by atoms with E-state index >= 15 is 0 Å². The van der Waals surface area contributed by atoms with Crippen LogP contribution in [-0.4, -0.2) is 21.1 Å². The van der Waals surface area contributed by atoms with Crippen LogP contribution in [0.4, 0.5) is 0 Å². The number of ether oxygens (including phenoxy) is 1. The van der Waals surface area contributed by atoms with Crippen molar-refractivity contribution < 1.29 is 18.5 Å². The summed E-state index contributed by atoms with van der Waals surface area (Å²) in [5.41, 5.74) is 2.46. The lowest BCUT2D eigenvalue weighted by atomic mass is 10.1. The molecule has 0 aliphatic carbocycles. The lowest BCUT2D eigenvalue weighted by Gasteiger charge is -2.08. The van der Waals surface area contributed by atoms with Crippen molar-refractivity contribution in [2.45, 2.75) is 6.61 Å². The first kappa shape index (κ1) is 17.3. The van der Waals surface area contributed by atoms with Crippen molar-refractivity contribution in [3.8, 4) is 22.9 Å². The molecule has 0 saturated heterocycles. The second kappa shape index (κ2) is 7.33. The van der Waals surface area contributed by atoms with Crippen LogP contribution in [0.3, 0.4) is 0 Å². The molecule has 0 saturated carbocycles. The van der Waals surface area contributed by atoms with Gasteiger partial charge in [-0.15, -0.1) is 0 Å². The Morgan fingerprint density at radius 3 is 2.86 bits per heavy atom. The molecule has 0 fully saturated rings. The third-order valence-electron chi connectivity index (χ3n) is 4.28. The average Bonchev–Trinajstić information content (AvgIpc) is 3.53. The molecule has 142 valence electrons. The largest absolute Gasteiger partial charge is 0.463 e. The fraction of sp³-hybridized carbons (Fsp3) is 0.0476. The highest BCUT2D eigenvalue weighted by atomic mass is 32.1. The molecule has 0 atom stereocenters.